The van der Waals surface area contributed by atoms with Crippen molar-refractivity contribution >= 4 is 0 Å². The number of fused-ring (bicyclic) bond motifs is 1. The quantitative estimate of drug-likeness (QED) is 0.909. The Kier molecular flexibility index (Phi) is 4.36. The first-order valence-electron chi connectivity index (χ1n) is 8.12. The molecule has 0 aromatic carbocycles. The van der Waals surface area contributed by atoms with Gasteiger partial charge in [0.15, 0.2) is 0 Å². The van der Waals surface area contributed by atoms with E-state index in [9.17, 15) is 0 Å². The third-order valence-corrected chi connectivity index (χ3v) is 4.87. The van der Waals surface area contributed by atoms with Gasteiger partial charge in [0, 0.05) is 25.2 Å². The molecule has 1 aromatic rings. The third-order valence-electron chi connectivity index (χ3n) is 4.87. The van der Waals surface area contributed by atoms with Gasteiger partial charge >= 0.3 is 0 Å². The summed E-state index contributed by atoms with van der Waals surface area (Å²) in [6.07, 6.45) is 7.07. The van der Waals surface area contributed by atoms with E-state index in [0.717, 1.165) is 37.9 Å². The summed E-state index contributed by atoms with van der Waals surface area (Å²) in [6.45, 7) is 8.91. The lowest BCUT2D eigenvalue weighted by Crippen LogP contribution is -2.54. The lowest BCUT2D eigenvalue weighted by atomic mass is 9.82. The molecule has 2 aliphatic rings. The molecule has 1 aliphatic carbocycles. The Balaban J connectivity index is 1.69. The Hall–Kier alpha value is -0.940. The van der Waals surface area contributed by atoms with Gasteiger partial charge in [0.2, 0.25) is 0 Å². The van der Waals surface area contributed by atoms with Crippen LogP contribution in [0.15, 0.2) is 6.33 Å². The molecule has 3 rings (SSSR count). The van der Waals surface area contributed by atoms with Crippen LogP contribution in [0.5, 0.6) is 0 Å². The minimum absolute atomic E-state index is 0.653. The minimum atomic E-state index is 0.653. The lowest BCUT2D eigenvalue weighted by Gasteiger charge is -2.43. The van der Waals surface area contributed by atoms with Crippen LogP contribution in [0.4, 0.5) is 0 Å². The maximum Gasteiger partial charge on any atom is 0.147 e. The Morgan fingerprint density at radius 3 is 3.10 bits per heavy atom. The van der Waals surface area contributed by atoms with Crippen LogP contribution in [0.25, 0.3) is 0 Å². The van der Waals surface area contributed by atoms with Gasteiger partial charge in [-0.05, 0) is 38.1 Å². The summed E-state index contributed by atoms with van der Waals surface area (Å²) in [6, 6.07) is 1.32. The van der Waals surface area contributed by atoms with Crippen LogP contribution in [0.2, 0.25) is 0 Å². The Labute approximate surface area is 121 Å². The number of nitrogens with zero attached hydrogens (tertiary/aromatic N) is 4. The molecular weight excluding hydrogens is 250 g/mol. The summed E-state index contributed by atoms with van der Waals surface area (Å²) in [5, 5.41) is 12.1. The van der Waals surface area contributed by atoms with Crippen LogP contribution in [0.1, 0.15) is 45.4 Å². The van der Waals surface area contributed by atoms with Crippen molar-refractivity contribution in [2.24, 2.45) is 5.92 Å². The van der Waals surface area contributed by atoms with E-state index < -0.39 is 0 Å². The number of hydrogen-bond donors (Lipinski definition) is 1. The Morgan fingerprint density at radius 1 is 1.35 bits per heavy atom. The van der Waals surface area contributed by atoms with Crippen LogP contribution in [0.3, 0.4) is 0 Å². The summed E-state index contributed by atoms with van der Waals surface area (Å²) >= 11 is 0. The predicted molar refractivity (Wildman–Crippen MR) is 79.3 cm³/mol. The standard InChI is InChI=1S/C15H27N5/c1-3-6-16-13-5-4-12(2)9-14(13)19-7-8-20-11-17-18-15(20)10-19/h11-14,16H,3-10H2,1-2H3. The van der Waals surface area contributed by atoms with Crippen LogP contribution in [0, 0.1) is 5.92 Å². The summed E-state index contributed by atoms with van der Waals surface area (Å²) in [7, 11) is 0. The van der Waals surface area contributed by atoms with Gasteiger partial charge in [-0.3, -0.25) is 4.90 Å². The van der Waals surface area contributed by atoms with Gasteiger partial charge < -0.3 is 9.88 Å². The molecule has 1 aromatic heterocycles. The SMILES string of the molecule is CCCNC1CCC(C)CC1N1CCn2cnnc2C1. The number of nitrogens with one attached hydrogen (secondary N) is 1. The fourth-order valence-electron chi connectivity index (χ4n) is 3.69. The molecule has 1 saturated carbocycles. The molecule has 3 atom stereocenters. The highest BCUT2D eigenvalue weighted by Crippen LogP contribution is 2.29. The van der Waals surface area contributed by atoms with Gasteiger partial charge in [-0.15, -0.1) is 10.2 Å². The van der Waals surface area contributed by atoms with Crippen LogP contribution in [-0.4, -0.2) is 44.8 Å². The average Bonchev–Trinajstić information content (AvgIpc) is 2.93. The van der Waals surface area contributed by atoms with Crippen molar-refractivity contribution in [3.8, 4) is 0 Å². The highest BCUT2D eigenvalue weighted by Gasteiger charge is 2.34. The van der Waals surface area contributed by atoms with E-state index in [0.29, 0.717) is 12.1 Å². The highest BCUT2D eigenvalue weighted by molar-refractivity contribution is 4.96. The summed E-state index contributed by atoms with van der Waals surface area (Å²) in [4.78, 5) is 2.63. The number of rotatable bonds is 4. The van der Waals surface area contributed by atoms with E-state index >= 15 is 0 Å². The second kappa shape index (κ2) is 6.22. The fraction of sp³-hybridized carbons (Fsp3) is 0.867. The molecule has 5 heteroatoms. The zero-order valence-electron chi connectivity index (χ0n) is 12.8. The van der Waals surface area contributed by atoms with E-state index in [4.69, 9.17) is 0 Å². The van der Waals surface area contributed by atoms with Crippen molar-refractivity contribution in [1.82, 2.24) is 25.0 Å². The molecule has 0 amide bonds. The Bertz CT molecular complexity index is 428. The van der Waals surface area contributed by atoms with Gasteiger partial charge in [-0.25, -0.2) is 0 Å². The lowest BCUT2D eigenvalue weighted by molar-refractivity contribution is 0.0760. The molecule has 1 fully saturated rings. The number of hydrogen-bond acceptors (Lipinski definition) is 4. The van der Waals surface area contributed by atoms with Crippen molar-refractivity contribution in [3.63, 3.8) is 0 Å². The second-order valence-electron chi connectivity index (χ2n) is 6.46. The van der Waals surface area contributed by atoms with Crippen LogP contribution >= 0.6 is 0 Å². The molecule has 112 valence electrons. The first kappa shape index (κ1) is 14.0. The molecule has 0 saturated heterocycles. The first-order valence-corrected chi connectivity index (χ1v) is 8.12. The largest absolute Gasteiger partial charge is 0.315 e. The third kappa shape index (κ3) is 2.88. The maximum atomic E-state index is 4.26. The molecule has 2 heterocycles. The van der Waals surface area contributed by atoms with E-state index in [1.165, 1.54) is 25.7 Å². The van der Waals surface area contributed by atoms with Crippen LogP contribution in [-0.2, 0) is 13.1 Å². The van der Waals surface area contributed by atoms with E-state index in [2.05, 4.69) is 38.8 Å². The van der Waals surface area contributed by atoms with E-state index in [1.54, 1.807) is 0 Å². The zero-order valence-corrected chi connectivity index (χ0v) is 12.8. The summed E-state index contributed by atoms with van der Waals surface area (Å²) in [5.41, 5.74) is 0. The predicted octanol–water partition coefficient (Wildman–Crippen LogP) is 1.65. The molecule has 20 heavy (non-hydrogen) atoms. The molecular formula is C15H27N5. The molecule has 0 bridgehead atoms. The van der Waals surface area contributed by atoms with Gasteiger partial charge in [-0.2, -0.15) is 0 Å². The summed E-state index contributed by atoms with van der Waals surface area (Å²) < 4.78 is 2.19. The van der Waals surface area contributed by atoms with Crippen LogP contribution < -0.4 is 5.32 Å². The maximum absolute atomic E-state index is 4.26. The molecule has 3 unspecified atom stereocenters. The van der Waals surface area contributed by atoms with E-state index in [1.807, 2.05) is 6.33 Å². The molecule has 0 radical (unpaired) electrons. The van der Waals surface area contributed by atoms with Crippen molar-refractivity contribution < 1.29 is 0 Å². The average molecular weight is 277 g/mol. The smallest absolute Gasteiger partial charge is 0.147 e. The molecule has 1 aliphatic heterocycles. The van der Waals surface area contributed by atoms with Gasteiger partial charge in [-0.1, -0.05) is 13.8 Å². The second-order valence-corrected chi connectivity index (χ2v) is 6.46. The molecule has 1 N–H and O–H groups in total. The van der Waals surface area contributed by atoms with E-state index in [-0.39, 0.29) is 0 Å². The van der Waals surface area contributed by atoms with Crippen molar-refractivity contribution in [2.75, 3.05) is 13.1 Å². The molecule has 5 nitrogen and oxygen atoms in total. The normalized spacial score (nSPS) is 31.2. The monoisotopic (exact) mass is 277 g/mol. The zero-order chi connectivity index (χ0) is 13.9. The first-order chi connectivity index (χ1) is 9.78. The van der Waals surface area contributed by atoms with Gasteiger partial charge in [0.25, 0.3) is 0 Å². The van der Waals surface area contributed by atoms with Gasteiger partial charge in [0.05, 0.1) is 6.54 Å². The van der Waals surface area contributed by atoms with Gasteiger partial charge in [0.1, 0.15) is 12.2 Å². The topological polar surface area (TPSA) is 46.0 Å². The number of aromatic nitrogens is 3. The minimum Gasteiger partial charge on any atom is -0.315 e. The fourth-order valence-corrected chi connectivity index (χ4v) is 3.69. The molecule has 0 spiro atoms. The van der Waals surface area contributed by atoms with Crippen molar-refractivity contribution in [1.29, 1.82) is 0 Å². The summed E-state index contributed by atoms with van der Waals surface area (Å²) in [5.74, 6) is 1.98. The highest BCUT2D eigenvalue weighted by atomic mass is 15.3. The Morgan fingerprint density at radius 2 is 2.25 bits per heavy atom. The van der Waals surface area contributed by atoms with Crippen molar-refractivity contribution in [2.45, 2.75) is 64.7 Å². The van der Waals surface area contributed by atoms with Crippen molar-refractivity contribution in [3.05, 3.63) is 12.2 Å².